The summed E-state index contributed by atoms with van der Waals surface area (Å²) in [5.41, 5.74) is 2.01. The van der Waals surface area contributed by atoms with Crippen LogP contribution in [0.5, 0.6) is 11.6 Å². The molecule has 220 valence electrons. The van der Waals surface area contributed by atoms with Gasteiger partial charge in [0.25, 0.3) is 0 Å². The van der Waals surface area contributed by atoms with Crippen molar-refractivity contribution in [2.24, 2.45) is 5.14 Å². The van der Waals surface area contributed by atoms with E-state index in [-0.39, 0.29) is 11.6 Å². The predicted octanol–water partition coefficient (Wildman–Crippen LogP) is 4.60. The fraction of sp³-hybridized carbons (Fsp3) is 0.367. The van der Waals surface area contributed by atoms with Gasteiger partial charge in [0.15, 0.2) is 0 Å². The molecule has 6 rings (SSSR count). The molecular weight excluding hydrogens is 559 g/mol. The number of aromatic nitrogens is 3. The highest BCUT2D eigenvalue weighted by molar-refractivity contribution is 7.89. The molecule has 12 heteroatoms. The van der Waals surface area contributed by atoms with E-state index in [4.69, 9.17) is 19.6 Å². The Balaban J connectivity index is 1.40. The molecular formula is C30H33FN6O4S. The Kier molecular flexibility index (Phi) is 8.04. The number of hydrogen-bond acceptors (Lipinski definition) is 9. The molecule has 2 saturated heterocycles. The van der Waals surface area contributed by atoms with Crippen molar-refractivity contribution in [2.75, 3.05) is 25.0 Å². The normalized spacial score (nSPS) is 20.0. The van der Waals surface area contributed by atoms with Gasteiger partial charge in [0, 0.05) is 42.5 Å². The van der Waals surface area contributed by atoms with Gasteiger partial charge in [0.2, 0.25) is 21.9 Å². The van der Waals surface area contributed by atoms with Gasteiger partial charge in [-0.15, -0.1) is 0 Å². The van der Waals surface area contributed by atoms with Crippen LogP contribution in [0.4, 0.5) is 10.3 Å². The molecule has 4 heterocycles. The first-order chi connectivity index (χ1) is 20.3. The molecule has 2 aromatic heterocycles. The quantitative estimate of drug-likeness (QED) is 0.268. The van der Waals surface area contributed by atoms with Gasteiger partial charge in [-0.2, -0.15) is 0 Å². The smallest absolute Gasteiger partial charge is 0.228 e. The topological polar surface area (TPSA) is 141 Å². The van der Waals surface area contributed by atoms with Gasteiger partial charge in [-0.25, -0.2) is 32.9 Å². The van der Waals surface area contributed by atoms with Crippen molar-refractivity contribution in [3.63, 3.8) is 0 Å². The molecule has 0 radical (unpaired) electrons. The average Bonchev–Trinajstić information content (AvgIpc) is 3.50. The van der Waals surface area contributed by atoms with Gasteiger partial charge in [-0.05, 0) is 80.4 Å². The summed E-state index contributed by atoms with van der Waals surface area (Å²) in [7, 11) is -4.20. The van der Waals surface area contributed by atoms with Crippen molar-refractivity contribution in [1.82, 2.24) is 20.3 Å². The number of nitrogens with two attached hydrogens (primary N) is 1. The molecule has 0 amide bonds. The monoisotopic (exact) mass is 592 g/mol. The van der Waals surface area contributed by atoms with Crippen LogP contribution in [-0.4, -0.2) is 55.2 Å². The lowest BCUT2D eigenvalue weighted by Gasteiger charge is -2.24. The third kappa shape index (κ3) is 5.80. The Bertz CT molecular complexity index is 1710. The number of hydrogen-bond donors (Lipinski definition) is 3. The molecule has 3 unspecified atom stereocenters. The van der Waals surface area contributed by atoms with Crippen LogP contribution in [0.25, 0.3) is 22.0 Å². The first kappa shape index (κ1) is 28.4. The van der Waals surface area contributed by atoms with E-state index in [0.717, 1.165) is 31.5 Å². The van der Waals surface area contributed by atoms with Gasteiger partial charge in [0.1, 0.15) is 16.8 Å². The van der Waals surface area contributed by atoms with E-state index in [0.29, 0.717) is 59.1 Å². The van der Waals surface area contributed by atoms with Gasteiger partial charge in [-0.3, -0.25) is 0 Å². The number of nitrogens with zero attached hydrogens (tertiary/aromatic N) is 3. The third-order valence-electron chi connectivity index (χ3n) is 7.81. The molecule has 42 heavy (non-hydrogen) atoms. The number of nitrogens with one attached hydrogen (secondary N) is 2. The number of ether oxygens (including phenoxy) is 2. The van der Waals surface area contributed by atoms with E-state index in [9.17, 15) is 8.42 Å². The second-order valence-electron chi connectivity index (χ2n) is 10.7. The Morgan fingerprint density at radius 3 is 2.71 bits per heavy atom. The van der Waals surface area contributed by atoms with Crippen molar-refractivity contribution in [1.29, 1.82) is 0 Å². The Labute approximate surface area is 243 Å². The van der Waals surface area contributed by atoms with Gasteiger partial charge in [0.05, 0.1) is 17.4 Å². The minimum atomic E-state index is -4.20. The fourth-order valence-electron chi connectivity index (χ4n) is 5.81. The molecule has 2 aromatic carbocycles. The first-order valence-corrected chi connectivity index (χ1v) is 15.7. The molecule has 0 bridgehead atoms. The molecule has 3 atom stereocenters. The lowest BCUT2D eigenvalue weighted by atomic mass is 9.95. The molecule has 10 nitrogen and oxygen atoms in total. The van der Waals surface area contributed by atoms with Crippen LogP contribution in [-0.2, 0) is 14.8 Å². The second kappa shape index (κ2) is 11.9. The summed E-state index contributed by atoms with van der Waals surface area (Å²) >= 11 is 0. The fourth-order valence-corrected chi connectivity index (χ4v) is 7.02. The maximum absolute atomic E-state index is 15.5. The first-order valence-electron chi connectivity index (χ1n) is 14.1. The number of primary sulfonamides is 1. The van der Waals surface area contributed by atoms with Crippen molar-refractivity contribution in [3.05, 3.63) is 71.8 Å². The van der Waals surface area contributed by atoms with Gasteiger partial charge in [-0.1, -0.05) is 12.1 Å². The van der Waals surface area contributed by atoms with E-state index in [1.165, 1.54) is 6.07 Å². The number of sulfonamides is 1. The standard InChI is InChI=1S/C30H33FN6O4S/c1-18-8-9-20-21(10-11-23(31)26(20)28(42(32,38)39)25-7-4-16-40-25)27(18)41-29-22(6-3-14-34-29)24-12-15-35-30(37-24)36-19-5-2-13-33-17-19/h3,6,8-12,14-15,19,25,28,33H,2,4-5,7,13,16-17H2,1H3,(H2,32,38,39)(H,35,36,37). The Morgan fingerprint density at radius 1 is 1.10 bits per heavy atom. The zero-order valence-electron chi connectivity index (χ0n) is 23.2. The zero-order valence-corrected chi connectivity index (χ0v) is 24.0. The predicted molar refractivity (Wildman–Crippen MR) is 158 cm³/mol. The highest BCUT2D eigenvalue weighted by Crippen LogP contribution is 2.42. The molecule has 2 aliphatic heterocycles. The number of fused-ring (bicyclic) bond motifs is 1. The molecule has 4 aromatic rings. The Hall–Kier alpha value is -3.71. The minimum absolute atomic E-state index is 0.0169. The van der Waals surface area contributed by atoms with Crippen LogP contribution in [0.15, 0.2) is 54.9 Å². The van der Waals surface area contributed by atoms with Gasteiger partial charge >= 0.3 is 0 Å². The summed E-state index contributed by atoms with van der Waals surface area (Å²) < 4.78 is 53.1. The van der Waals surface area contributed by atoms with Crippen LogP contribution in [0, 0.1) is 12.7 Å². The lowest BCUT2D eigenvalue weighted by Crippen LogP contribution is -2.38. The van der Waals surface area contributed by atoms with Crippen LogP contribution in [0.1, 0.15) is 42.1 Å². The van der Waals surface area contributed by atoms with Gasteiger partial charge < -0.3 is 20.1 Å². The Morgan fingerprint density at radius 2 is 1.95 bits per heavy atom. The molecule has 0 aliphatic carbocycles. The van der Waals surface area contributed by atoms with Crippen molar-refractivity contribution >= 4 is 26.7 Å². The zero-order chi connectivity index (χ0) is 29.3. The molecule has 0 saturated carbocycles. The van der Waals surface area contributed by atoms with Crippen LogP contribution in [0.2, 0.25) is 0 Å². The van der Waals surface area contributed by atoms with E-state index in [1.807, 2.05) is 13.0 Å². The van der Waals surface area contributed by atoms with Crippen LogP contribution < -0.4 is 20.5 Å². The molecule has 4 N–H and O–H groups in total. The lowest BCUT2D eigenvalue weighted by molar-refractivity contribution is 0.106. The minimum Gasteiger partial charge on any atom is -0.437 e. The molecule has 0 spiro atoms. The van der Waals surface area contributed by atoms with E-state index < -0.39 is 27.2 Å². The summed E-state index contributed by atoms with van der Waals surface area (Å²) in [5, 5.41) is 12.0. The number of anilines is 1. The summed E-state index contributed by atoms with van der Waals surface area (Å²) in [6, 6.07) is 12.0. The summed E-state index contributed by atoms with van der Waals surface area (Å²) in [5.74, 6) is 0.570. The largest absolute Gasteiger partial charge is 0.437 e. The highest BCUT2D eigenvalue weighted by atomic mass is 32.2. The van der Waals surface area contributed by atoms with Crippen LogP contribution in [0.3, 0.4) is 0 Å². The number of piperidine rings is 1. The highest BCUT2D eigenvalue weighted by Gasteiger charge is 2.38. The van der Waals surface area contributed by atoms with Crippen molar-refractivity contribution in [3.8, 4) is 22.9 Å². The number of pyridine rings is 1. The van der Waals surface area contributed by atoms with E-state index >= 15 is 4.39 Å². The summed E-state index contributed by atoms with van der Waals surface area (Å²) in [6.45, 7) is 4.12. The number of rotatable bonds is 8. The second-order valence-corrected chi connectivity index (χ2v) is 12.4. The van der Waals surface area contributed by atoms with Crippen LogP contribution >= 0.6 is 0 Å². The maximum atomic E-state index is 15.5. The number of halogens is 1. The maximum Gasteiger partial charge on any atom is 0.228 e. The van der Waals surface area contributed by atoms with E-state index in [2.05, 4.69) is 20.6 Å². The number of aryl methyl sites for hydroxylation is 1. The summed E-state index contributed by atoms with van der Waals surface area (Å²) in [4.78, 5) is 13.6. The molecule has 2 aliphatic rings. The van der Waals surface area contributed by atoms with Crippen molar-refractivity contribution < 1.29 is 22.3 Å². The van der Waals surface area contributed by atoms with Crippen molar-refractivity contribution in [2.45, 2.75) is 50.0 Å². The average molecular weight is 593 g/mol. The summed E-state index contributed by atoms with van der Waals surface area (Å²) in [6.07, 6.45) is 5.83. The molecule has 2 fully saturated rings. The number of benzene rings is 2. The SMILES string of the molecule is Cc1ccc2c(C(C3CCCO3)S(N)(=O)=O)c(F)ccc2c1Oc1ncccc1-c1ccnc(NC2CCCNC2)n1. The van der Waals surface area contributed by atoms with E-state index in [1.54, 1.807) is 42.7 Å². The third-order valence-corrected chi connectivity index (χ3v) is 9.06.